The summed E-state index contributed by atoms with van der Waals surface area (Å²) in [6.07, 6.45) is 1.41. The van der Waals surface area contributed by atoms with Gasteiger partial charge in [0.05, 0.1) is 17.4 Å². The lowest BCUT2D eigenvalue weighted by Gasteiger charge is -2.06. The first-order chi connectivity index (χ1) is 12.6. The number of hydrogen-bond donors (Lipinski definition) is 2. The van der Waals surface area contributed by atoms with E-state index in [-0.39, 0.29) is 17.2 Å². The third-order valence-corrected chi connectivity index (χ3v) is 4.02. The number of carbonyl (C=O) groups is 1. The fourth-order valence-corrected chi connectivity index (χ4v) is 2.76. The number of fused-ring (bicyclic) bond motifs is 1. The SMILES string of the molecule is Cc1cc(=O)[nH]c2cc(NC(=O)c3cnn(-c4ccccc4)n3)ccc12. The van der Waals surface area contributed by atoms with Gasteiger partial charge in [0.1, 0.15) is 0 Å². The van der Waals surface area contributed by atoms with Crippen LogP contribution in [-0.4, -0.2) is 25.9 Å². The number of hydrogen-bond acceptors (Lipinski definition) is 4. The minimum atomic E-state index is -0.374. The first kappa shape index (κ1) is 15.8. The van der Waals surface area contributed by atoms with E-state index in [0.29, 0.717) is 11.2 Å². The van der Waals surface area contributed by atoms with E-state index in [2.05, 4.69) is 20.5 Å². The molecule has 2 N–H and O–H groups in total. The van der Waals surface area contributed by atoms with Crippen LogP contribution in [0.5, 0.6) is 0 Å². The zero-order valence-corrected chi connectivity index (χ0v) is 13.9. The van der Waals surface area contributed by atoms with E-state index in [0.717, 1.165) is 16.6 Å². The van der Waals surface area contributed by atoms with Crippen LogP contribution < -0.4 is 10.9 Å². The Balaban J connectivity index is 1.60. The molecule has 2 heterocycles. The van der Waals surface area contributed by atoms with Crippen molar-refractivity contribution < 1.29 is 4.79 Å². The van der Waals surface area contributed by atoms with Gasteiger partial charge in [-0.05, 0) is 36.8 Å². The third-order valence-electron chi connectivity index (χ3n) is 4.02. The molecule has 0 saturated carbocycles. The first-order valence-electron chi connectivity index (χ1n) is 8.03. The van der Waals surface area contributed by atoms with Gasteiger partial charge in [0.25, 0.3) is 5.91 Å². The first-order valence-corrected chi connectivity index (χ1v) is 8.03. The molecule has 2 aromatic carbocycles. The number of anilines is 1. The molecule has 4 rings (SSSR count). The van der Waals surface area contributed by atoms with Crippen molar-refractivity contribution in [2.24, 2.45) is 0 Å². The van der Waals surface area contributed by atoms with Gasteiger partial charge in [0.15, 0.2) is 5.69 Å². The van der Waals surface area contributed by atoms with Crippen molar-refractivity contribution in [2.75, 3.05) is 5.32 Å². The van der Waals surface area contributed by atoms with Gasteiger partial charge in [-0.1, -0.05) is 24.3 Å². The second kappa shape index (κ2) is 6.29. The quantitative estimate of drug-likeness (QED) is 0.597. The standard InChI is InChI=1S/C19H15N5O2/c1-12-9-18(25)22-16-10-13(7-8-15(12)16)21-19(26)17-11-20-24(23-17)14-5-3-2-4-6-14/h2-11H,1H3,(H,21,26)(H,22,25). The number of nitrogens with zero attached hydrogens (tertiary/aromatic N) is 3. The third kappa shape index (κ3) is 2.98. The van der Waals surface area contributed by atoms with Crippen LogP contribution in [0.15, 0.2) is 65.6 Å². The van der Waals surface area contributed by atoms with Crippen LogP contribution >= 0.6 is 0 Å². The number of rotatable bonds is 3. The Morgan fingerprint density at radius 3 is 2.73 bits per heavy atom. The Kier molecular flexibility index (Phi) is 3.81. The minimum Gasteiger partial charge on any atom is -0.322 e. The van der Waals surface area contributed by atoms with Crippen molar-refractivity contribution in [2.45, 2.75) is 6.92 Å². The lowest BCUT2D eigenvalue weighted by Crippen LogP contribution is -2.13. The van der Waals surface area contributed by atoms with Crippen LogP contribution in [0.4, 0.5) is 5.69 Å². The molecule has 0 atom stereocenters. The van der Waals surface area contributed by atoms with E-state index in [4.69, 9.17) is 0 Å². The number of amides is 1. The van der Waals surface area contributed by atoms with Gasteiger partial charge < -0.3 is 10.3 Å². The molecule has 128 valence electrons. The van der Waals surface area contributed by atoms with Crippen LogP contribution in [0.3, 0.4) is 0 Å². The van der Waals surface area contributed by atoms with Crippen LogP contribution in [0.1, 0.15) is 16.1 Å². The normalized spacial score (nSPS) is 10.8. The summed E-state index contributed by atoms with van der Waals surface area (Å²) in [5, 5.41) is 12.0. The topological polar surface area (TPSA) is 92.7 Å². The summed E-state index contributed by atoms with van der Waals surface area (Å²) in [4.78, 5) is 28.2. The number of pyridine rings is 1. The largest absolute Gasteiger partial charge is 0.322 e. The second-order valence-electron chi connectivity index (χ2n) is 5.89. The number of benzene rings is 2. The van der Waals surface area contributed by atoms with Gasteiger partial charge in [-0.3, -0.25) is 9.59 Å². The summed E-state index contributed by atoms with van der Waals surface area (Å²) in [5.74, 6) is -0.374. The highest BCUT2D eigenvalue weighted by molar-refractivity contribution is 6.03. The van der Waals surface area contributed by atoms with Crippen LogP contribution in [-0.2, 0) is 0 Å². The molecule has 0 radical (unpaired) electrons. The highest BCUT2D eigenvalue weighted by atomic mass is 16.2. The molecule has 0 saturated heterocycles. The molecule has 7 heteroatoms. The molecule has 2 aromatic heterocycles. The van der Waals surface area contributed by atoms with Gasteiger partial charge in [-0.15, -0.1) is 5.10 Å². The van der Waals surface area contributed by atoms with E-state index in [1.54, 1.807) is 18.2 Å². The Bertz CT molecular complexity index is 1160. The predicted octanol–water partition coefficient (Wildman–Crippen LogP) is 2.67. The van der Waals surface area contributed by atoms with Crippen LogP contribution in [0, 0.1) is 6.92 Å². The second-order valence-corrected chi connectivity index (χ2v) is 5.89. The van der Waals surface area contributed by atoms with Gasteiger partial charge in [-0.2, -0.15) is 9.90 Å². The Labute approximate surface area is 148 Å². The van der Waals surface area contributed by atoms with E-state index in [9.17, 15) is 9.59 Å². The molecule has 0 aliphatic rings. The summed E-state index contributed by atoms with van der Waals surface area (Å²) in [6, 6.07) is 16.3. The molecule has 1 amide bonds. The fraction of sp³-hybridized carbons (Fsp3) is 0.0526. The lowest BCUT2D eigenvalue weighted by atomic mass is 10.1. The number of para-hydroxylation sites is 1. The molecule has 0 aliphatic carbocycles. The molecular formula is C19H15N5O2. The number of nitrogens with one attached hydrogen (secondary N) is 2. The van der Waals surface area contributed by atoms with Crippen LogP contribution in [0.25, 0.3) is 16.6 Å². The van der Waals surface area contributed by atoms with Crippen molar-refractivity contribution >= 4 is 22.5 Å². The molecule has 0 aliphatic heterocycles. The number of aryl methyl sites for hydroxylation is 1. The molecule has 0 spiro atoms. The maximum absolute atomic E-state index is 12.4. The maximum Gasteiger partial charge on any atom is 0.277 e. The van der Waals surface area contributed by atoms with E-state index >= 15 is 0 Å². The summed E-state index contributed by atoms with van der Waals surface area (Å²) in [6.45, 7) is 1.87. The average Bonchev–Trinajstić information content (AvgIpc) is 3.12. The molecule has 0 bridgehead atoms. The van der Waals surface area contributed by atoms with Gasteiger partial charge in [0, 0.05) is 17.1 Å². The lowest BCUT2D eigenvalue weighted by molar-refractivity contribution is 0.102. The highest BCUT2D eigenvalue weighted by Gasteiger charge is 2.12. The maximum atomic E-state index is 12.4. The average molecular weight is 345 g/mol. The number of carbonyl (C=O) groups excluding carboxylic acids is 1. The van der Waals surface area contributed by atoms with E-state index < -0.39 is 0 Å². The number of H-pyrrole nitrogens is 1. The summed E-state index contributed by atoms with van der Waals surface area (Å²) < 4.78 is 0. The van der Waals surface area contributed by atoms with Crippen molar-refractivity contribution in [3.63, 3.8) is 0 Å². The number of aromatic nitrogens is 4. The monoisotopic (exact) mass is 345 g/mol. The molecule has 7 nitrogen and oxygen atoms in total. The molecular weight excluding hydrogens is 330 g/mol. The predicted molar refractivity (Wildman–Crippen MR) is 98.6 cm³/mol. The van der Waals surface area contributed by atoms with Crippen molar-refractivity contribution in [3.05, 3.63) is 82.4 Å². The Hall–Kier alpha value is -3.74. The van der Waals surface area contributed by atoms with Crippen molar-refractivity contribution in [1.82, 2.24) is 20.0 Å². The summed E-state index contributed by atoms with van der Waals surface area (Å²) >= 11 is 0. The highest BCUT2D eigenvalue weighted by Crippen LogP contribution is 2.19. The minimum absolute atomic E-state index is 0.177. The smallest absolute Gasteiger partial charge is 0.277 e. The van der Waals surface area contributed by atoms with E-state index in [1.165, 1.54) is 11.0 Å². The zero-order valence-electron chi connectivity index (χ0n) is 13.9. The molecule has 26 heavy (non-hydrogen) atoms. The fourth-order valence-electron chi connectivity index (χ4n) is 2.76. The molecule has 0 unspecified atom stereocenters. The van der Waals surface area contributed by atoms with Crippen LogP contribution in [0.2, 0.25) is 0 Å². The van der Waals surface area contributed by atoms with Crippen molar-refractivity contribution in [3.8, 4) is 5.69 Å². The van der Waals surface area contributed by atoms with Crippen molar-refractivity contribution in [1.29, 1.82) is 0 Å². The zero-order chi connectivity index (χ0) is 18.1. The summed E-state index contributed by atoms with van der Waals surface area (Å²) in [7, 11) is 0. The van der Waals surface area contributed by atoms with Gasteiger partial charge >= 0.3 is 0 Å². The van der Waals surface area contributed by atoms with Gasteiger partial charge in [-0.25, -0.2) is 0 Å². The Morgan fingerprint density at radius 2 is 1.92 bits per heavy atom. The molecule has 0 fully saturated rings. The number of aromatic amines is 1. The molecule has 4 aromatic rings. The summed E-state index contributed by atoms with van der Waals surface area (Å²) in [5.41, 5.74) is 2.91. The Morgan fingerprint density at radius 1 is 1.12 bits per heavy atom. The van der Waals surface area contributed by atoms with E-state index in [1.807, 2.05) is 43.3 Å². The van der Waals surface area contributed by atoms with Gasteiger partial charge in [0.2, 0.25) is 5.56 Å².